The van der Waals surface area contributed by atoms with Gasteiger partial charge in [-0.25, -0.2) is 13.2 Å². The molecule has 0 bridgehead atoms. The maximum absolute atomic E-state index is 13.4. The molecule has 7 heteroatoms. The lowest BCUT2D eigenvalue weighted by Crippen LogP contribution is -2.54. The fraction of sp³-hybridized carbons (Fsp3) is 0.333. The molecule has 0 aliphatic rings. The zero-order chi connectivity index (χ0) is 14.8. The third-order valence-electron chi connectivity index (χ3n) is 2.87. The first-order valence-corrected chi connectivity index (χ1v) is 5.89. The van der Waals surface area contributed by atoms with Crippen molar-refractivity contribution in [3.63, 3.8) is 0 Å². The normalized spacial score (nSPS) is 13.7. The average Bonchev–Trinajstić information content (AvgIpc) is 2.26. The summed E-state index contributed by atoms with van der Waals surface area (Å²) in [6.45, 7) is 3.24. The van der Waals surface area contributed by atoms with E-state index in [1.54, 1.807) is 6.92 Å². The Kier molecular flexibility index (Phi) is 4.52. The lowest BCUT2D eigenvalue weighted by Gasteiger charge is -2.28. The summed E-state index contributed by atoms with van der Waals surface area (Å²) in [6.07, 6.45) is 0.346. The minimum Gasteiger partial charge on any atom is -0.391 e. The molecule has 1 aromatic rings. The van der Waals surface area contributed by atoms with Crippen LogP contribution in [-0.2, 0) is 0 Å². The molecule has 0 aliphatic heterocycles. The first-order valence-electron chi connectivity index (χ1n) is 5.48. The highest BCUT2D eigenvalue weighted by Crippen LogP contribution is 2.17. The summed E-state index contributed by atoms with van der Waals surface area (Å²) < 4.78 is 39.6. The van der Waals surface area contributed by atoms with Gasteiger partial charge >= 0.3 is 0 Å². The van der Waals surface area contributed by atoms with Gasteiger partial charge in [0.25, 0.3) is 5.91 Å². The second kappa shape index (κ2) is 5.56. The predicted octanol–water partition coefficient (Wildman–Crippen LogP) is 2.29. The molecule has 0 aliphatic carbocycles. The van der Waals surface area contributed by atoms with E-state index in [1.165, 1.54) is 6.92 Å². The summed E-state index contributed by atoms with van der Waals surface area (Å²) in [7, 11) is 0. The van der Waals surface area contributed by atoms with Crippen LogP contribution in [0.2, 0.25) is 0 Å². The lowest BCUT2D eigenvalue weighted by molar-refractivity contribution is 0.0918. The number of rotatable bonds is 4. The predicted molar refractivity (Wildman–Crippen MR) is 69.3 cm³/mol. The second-order valence-electron chi connectivity index (χ2n) is 4.25. The van der Waals surface area contributed by atoms with E-state index in [2.05, 4.69) is 5.32 Å². The van der Waals surface area contributed by atoms with E-state index in [9.17, 15) is 18.0 Å². The number of carbonyl (C=O) groups is 1. The van der Waals surface area contributed by atoms with Crippen LogP contribution < -0.4 is 11.1 Å². The van der Waals surface area contributed by atoms with Gasteiger partial charge in [-0.1, -0.05) is 19.1 Å². The van der Waals surface area contributed by atoms with Crippen LogP contribution in [0.4, 0.5) is 13.2 Å². The fourth-order valence-electron chi connectivity index (χ4n) is 1.40. The van der Waals surface area contributed by atoms with Gasteiger partial charge < -0.3 is 11.1 Å². The highest BCUT2D eigenvalue weighted by molar-refractivity contribution is 7.80. The van der Waals surface area contributed by atoms with E-state index >= 15 is 0 Å². The Morgan fingerprint density at radius 1 is 1.37 bits per heavy atom. The summed E-state index contributed by atoms with van der Waals surface area (Å²) >= 11 is 4.80. The highest BCUT2D eigenvalue weighted by atomic mass is 32.1. The SMILES string of the molecule is CCC(C)(NC(=O)c1c(F)cc(F)cc1F)C(N)=S. The van der Waals surface area contributed by atoms with Gasteiger partial charge in [0.15, 0.2) is 0 Å². The lowest BCUT2D eigenvalue weighted by atomic mass is 9.98. The zero-order valence-corrected chi connectivity index (χ0v) is 11.2. The Hall–Kier alpha value is -1.63. The molecular weight excluding hydrogens is 277 g/mol. The molecule has 0 heterocycles. The number of amides is 1. The van der Waals surface area contributed by atoms with E-state index in [1.807, 2.05) is 0 Å². The van der Waals surface area contributed by atoms with Crippen molar-refractivity contribution in [2.75, 3.05) is 0 Å². The van der Waals surface area contributed by atoms with Crippen molar-refractivity contribution in [3.8, 4) is 0 Å². The number of halogens is 3. The number of nitrogens with one attached hydrogen (secondary N) is 1. The quantitative estimate of drug-likeness (QED) is 0.837. The molecule has 1 amide bonds. The van der Waals surface area contributed by atoms with Gasteiger partial charge in [0.1, 0.15) is 23.0 Å². The minimum absolute atomic E-state index is 0.00808. The monoisotopic (exact) mass is 290 g/mol. The Morgan fingerprint density at radius 2 is 1.84 bits per heavy atom. The third-order valence-corrected chi connectivity index (χ3v) is 3.32. The van der Waals surface area contributed by atoms with Crippen LogP contribution in [0.5, 0.6) is 0 Å². The number of benzene rings is 1. The molecule has 0 saturated carbocycles. The van der Waals surface area contributed by atoms with Crippen LogP contribution in [0, 0.1) is 17.5 Å². The summed E-state index contributed by atoms with van der Waals surface area (Å²) in [6, 6.07) is 0.865. The van der Waals surface area contributed by atoms with Crippen LogP contribution in [0.1, 0.15) is 30.6 Å². The van der Waals surface area contributed by atoms with E-state index < -0.39 is 34.5 Å². The molecule has 3 N–H and O–H groups in total. The van der Waals surface area contributed by atoms with Crippen molar-refractivity contribution < 1.29 is 18.0 Å². The molecule has 104 valence electrons. The molecule has 0 aromatic heterocycles. The number of nitrogens with two attached hydrogens (primary N) is 1. The van der Waals surface area contributed by atoms with Gasteiger partial charge in [0.2, 0.25) is 0 Å². The molecule has 0 fully saturated rings. The Balaban J connectivity index is 3.12. The van der Waals surface area contributed by atoms with E-state index in [-0.39, 0.29) is 4.99 Å². The smallest absolute Gasteiger partial charge is 0.258 e. The third kappa shape index (κ3) is 3.23. The van der Waals surface area contributed by atoms with Crippen molar-refractivity contribution >= 4 is 23.1 Å². The van der Waals surface area contributed by atoms with Crippen LogP contribution in [0.3, 0.4) is 0 Å². The summed E-state index contributed by atoms with van der Waals surface area (Å²) in [5, 5.41) is 2.35. The fourth-order valence-corrected chi connectivity index (χ4v) is 1.59. The second-order valence-corrected chi connectivity index (χ2v) is 4.69. The number of hydrogen-bond acceptors (Lipinski definition) is 2. The molecule has 1 aromatic carbocycles. The largest absolute Gasteiger partial charge is 0.391 e. The van der Waals surface area contributed by atoms with E-state index in [0.717, 1.165) is 0 Å². The van der Waals surface area contributed by atoms with Crippen LogP contribution in [0.15, 0.2) is 12.1 Å². The number of thiocarbonyl (C=S) groups is 1. The standard InChI is InChI=1S/C12H13F3N2OS/c1-3-12(2,11(16)19)17-10(18)9-7(14)4-6(13)5-8(9)15/h4-5H,3H2,1-2H3,(H2,16,19)(H,17,18). The topological polar surface area (TPSA) is 55.1 Å². The van der Waals surface area contributed by atoms with E-state index in [0.29, 0.717) is 18.6 Å². The van der Waals surface area contributed by atoms with Crippen molar-refractivity contribution in [1.29, 1.82) is 0 Å². The van der Waals surface area contributed by atoms with Crippen molar-refractivity contribution in [2.45, 2.75) is 25.8 Å². The molecule has 19 heavy (non-hydrogen) atoms. The van der Waals surface area contributed by atoms with Gasteiger partial charge in [0.05, 0.1) is 10.5 Å². The van der Waals surface area contributed by atoms with Gasteiger partial charge in [-0.15, -0.1) is 0 Å². The highest BCUT2D eigenvalue weighted by Gasteiger charge is 2.30. The van der Waals surface area contributed by atoms with Gasteiger partial charge in [-0.3, -0.25) is 4.79 Å². The van der Waals surface area contributed by atoms with E-state index in [4.69, 9.17) is 18.0 Å². The maximum atomic E-state index is 13.4. The van der Waals surface area contributed by atoms with Crippen LogP contribution in [0.25, 0.3) is 0 Å². The molecule has 1 atom stereocenters. The zero-order valence-electron chi connectivity index (χ0n) is 10.4. The van der Waals surface area contributed by atoms with Crippen LogP contribution >= 0.6 is 12.2 Å². The van der Waals surface area contributed by atoms with Gasteiger partial charge in [-0.2, -0.15) is 0 Å². The van der Waals surface area contributed by atoms with Crippen molar-refractivity contribution in [1.82, 2.24) is 5.32 Å². The van der Waals surface area contributed by atoms with Gasteiger partial charge in [0, 0.05) is 12.1 Å². The minimum atomic E-state index is -1.28. The average molecular weight is 290 g/mol. The Labute approximate surface area is 114 Å². The van der Waals surface area contributed by atoms with Crippen LogP contribution in [-0.4, -0.2) is 16.4 Å². The summed E-state index contributed by atoms with van der Waals surface area (Å²) in [5.41, 5.74) is 3.54. The molecule has 1 rings (SSSR count). The molecule has 1 unspecified atom stereocenters. The molecule has 0 saturated heterocycles. The van der Waals surface area contributed by atoms with Gasteiger partial charge in [-0.05, 0) is 13.3 Å². The molecule has 3 nitrogen and oxygen atoms in total. The summed E-state index contributed by atoms with van der Waals surface area (Å²) in [5.74, 6) is -4.70. The number of hydrogen-bond donors (Lipinski definition) is 2. The maximum Gasteiger partial charge on any atom is 0.258 e. The molecule has 0 spiro atoms. The van der Waals surface area contributed by atoms with Crippen molar-refractivity contribution in [2.24, 2.45) is 5.73 Å². The number of carbonyl (C=O) groups excluding carboxylic acids is 1. The Morgan fingerprint density at radius 3 is 2.21 bits per heavy atom. The summed E-state index contributed by atoms with van der Waals surface area (Å²) in [4.78, 5) is 11.8. The first-order chi connectivity index (χ1) is 8.71. The first kappa shape index (κ1) is 15.4. The molecule has 0 radical (unpaired) electrons. The van der Waals surface area contributed by atoms with Crippen molar-refractivity contribution in [3.05, 3.63) is 35.1 Å². The molecular formula is C12H13F3N2OS. The Bertz CT molecular complexity index is 513.